The highest BCUT2D eigenvalue weighted by Gasteiger charge is 1.90. The molecule has 0 aliphatic carbocycles. The summed E-state index contributed by atoms with van der Waals surface area (Å²) in [5.41, 5.74) is 0. The molecule has 0 aromatic carbocycles. The van der Waals surface area contributed by atoms with E-state index in [1.165, 1.54) is 7.11 Å². The van der Waals surface area contributed by atoms with E-state index in [9.17, 15) is 4.79 Å². The molecule has 0 unspecified atom stereocenters. The Morgan fingerprint density at radius 1 is 2.00 bits per heavy atom. The van der Waals surface area contributed by atoms with Gasteiger partial charge < -0.3 is 10.1 Å². The van der Waals surface area contributed by atoms with Gasteiger partial charge in [0.1, 0.15) is 6.61 Å². The third-order valence-electron chi connectivity index (χ3n) is 0.473. The summed E-state index contributed by atoms with van der Waals surface area (Å²) in [6.07, 6.45) is 0. The molecule has 0 aromatic heterocycles. The van der Waals surface area contributed by atoms with Crippen molar-refractivity contribution in [2.24, 2.45) is 0 Å². The van der Waals surface area contributed by atoms with E-state index in [1.54, 1.807) is 0 Å². The lowest BCUT2D eigenvalue weighted by Gasteiger charge is -1.92. The van der Waals surface area contributed by atoms with E-state index in [0.717, 1.165) is 0 Å². The van der Waals surface area contributed by atoms with Crippen LogP contribution in [0.4, 0.5) is 0 Å². The van der Waals surface area contributed by atoms with E-state index in [4.69, 9.17) is 0 Å². The molecular formula is C4H8NO2. The van der Waals surface area contributed by atoms with Gasteiger partial charge in [-0.3, -0.25) is 4.79 Å². The standard InChI is InChI=1S/C4H8NO2/c1-5-4(6)3-7-2/h1,3H2,2H3,(H,5,6). The first kappa shape index (κ1) is 6.43. The molecular weight excluding hydrogens is 94.0 g/mol. The molecule has 1 radical (unpaired) electrons. The highest BCUT2D eigenvalue weighted by atomic mass is 16.5. The maximum Gasteiger partial charge on any atom is 0.246 e. The van der Waals surface area contributed by atoms with E-state index in [0.29, 0.717) is 0 Å². The number of rotatable bonds is 2. The van der Waals surface area contributed by atoms with Crippen LogP contribution in [0.3, 0.4) is 0 Å². The Morgan fingerprint density at radius 2 is 2.57 bits per heavy atom. The molecule has 0 heterocycles. The van der Waals surface area contributed by atoms with Crippen LogP contribution in [0.25, 0.3) is 0 Å². The monoisotopic (exact) mass is 102 g/mol. The third kappa shape index (κ3) is 3.26. The van der Waals surface area contributed by atoms with Gasteiger partial charge in [0.25, 0.3) is 0 Å². The number of hydrogen-bond donors (Lipinski definition) is 1. The van der Waals surface area contributed by atoms with Crippen LogP contribution in [0.1, 0.15) is 0 Å². The molecule has 0 spiro atoms. The molecule has 7 heavy (non-hydrogen) atoms. The first-order chi connectivity index (χ1) is 3.31. The number of carbonyl (C=O) groups is 1. The predicted octanol–water partition coefficient (Wildman–Crippen LogP) is -0.459. The Bertz CT molecular complexity index is 62.7. The fraction of sp³-hybridized carbons (Fsp3) is 0.500. The summed E-state index contributed by atoms with van der Waals surface area (Å²) in [5.74, 6) is -0.206. The summed E-state index contributed by atoms with van der Waals surface area (Å²) in [5, 5.41) is 2.15. The van der Waals surface area contributed by atoms with Crippen LogP contribution < -0.4 is 5.32 Å². The van der Waals surface area contributed by atoms with Gasteiger partial charge in [-0.05, 0) is 0 Å². The summed E-state index contributed by atoms with van der Waals surface area (Å²) in [6, 6.07) is 0. The number of nitrogens with one attached hydrogen (secondary N) is 1. The summed E-state index contributed by atoms with van der Waals surface area (Å²) in [4.78, 5) is 10.1. The van der Waals surface area contributed by atoms with Gasteiger partial charge in [0, 0.05) is 14.2 Å². The highest BCUT2D eigenvalue weighted by Crippen LogP contribution is 1.63. The zero-order valence-corrected chi connectivity index (χ0v) is 4.23. The topological polar surface area (TPSA) is 38.3 Å². The molecule has 0 rings (SSSR count). The predicted molar refractivity (Wildman–Crippen MR) is 25.4 cm³/mol. The Kier molecular flexibility index (Phi) is 3.32. The molecule has 1 amide bonds. The van der Waals surface area contributed by atoms with E-state index < -0.39 is 0 Å². The van der Waals surface area contributed by atoms with Gasteiger partial charge in [0.2, 0.25) is 5.91 Å². The Morgan fingerprint density at radius 3 is 2.71 bits per heavy atom. The highest BCUT2D eigenvalue weighted by molar-refractivity contribution is 5.77. The van der Waals surface area contributed by atoms with Crippen LogP contribution in [0.15, 0.2) is 0 Å². The normalized spacial score (nSPS) is 8.29. The van der Waals surface area contributed by atoms with Crippen molar-refractivity contribution in [3.05, 3.63) is 7.05 Å². The van der Waals surface area contributed by atoms with Crippen molar-refractivity contribution in [3.8, 4) is 0 Å². The van der Waals surface area contributed by atoms with Crippen molar-refractivity contribution < 1.29 is 9.53 Å². The molecule has 3 heteroatoms. The molecule has 1 N–H and O–H groups in total. The summed E-state index contributed by atoms with van der Waals surface area (Å²) >= 11 is 0. The second-order valence-corrected chi connectivity index (χ2v) is 1.03. The zero-order chi connectivity index (χ0) is 5.70. The summed E-state index contributed by atoms with van der Waals surface area (Å²) in [6.45, 7) is 0.0868. The molecule has 3 nitrogen and oxygen atoms in total. The van der Waals surface area contributed by atoms with Crippen molar-refractivity contribution in [1.29, 1.82) is 0 Å². The molecule has 41 valence electrons. The largest absolute Gasteiger partial charge is 0.375 e. The number of carbonyl (C=O) groups excluding carboxylic acids is 1. The lowest BCUT2D eigenvalue weighted by Crippen LogP contribution is -2.20. The fourth-order valence-electron chi connectivity index (χ4n) is 0.182. The lowest BCUT2D eigenvalue weighted by atomic mass is 10.7. The molecule has 0 fully saturated rings. The molecule has 0 bridgehead atoms. The first-order valence-corrected chi connectivity index (χ1v) is 1.86. The fourth-order valence-corrected chi connectivity index (χ4v) is 0.182. The van der Waals surface area contributed by atoms with Gasteiger partial charge in [-0.2, -0.15) is 0 Å². The summed E-state index contributed by atoms with van der Waals surface area (Å²) in [7, 11) is 4.58. The van der Waals surface area contributed by atoms with Gasteiger partial charge in [-0.1, -0.05) is 0 Å². The zero-order valence-electron chi connectivity index (χ0n) is 4.23. The van der Waals surface area contributed by atoms with Crippen LogP contribution >= 0.6 is 0 Å². The van der Waals surface area contributed by atoms with E-state index in [-0.39, 0.29) is 12.5 Å². The van der Waals surface area contributed by atoms with Gasteiger partial charge in [0.05, 0.1) is 0 Å². The maximum atomic E-state index is 10.1. The summed E-state index contributed by atoms with van der Waals surface area (Å²) < 4.78 is 4.44. The van der Waals surface area contributed by atoms with Crippen molar-refractivity contribution >= 4 is 5.91 Å². The average Bonchev–Trinajstić information content (AvgIpc) is 1.68. The number of methoxy groups -OCH3 is 1. The van der Waals surface area contributed by atoms with Gasteiger partial charge in [-0.15, -0.1) is 0 Å². The second-order valence-electron chi connectivity index (χ2n) is 1.03. The van der Waals surface area contributed by atoms with Crippen molar-refractivity contribution in [2.45, 2.75) is 0 Å². The quantitative estimate of drug-likeness (QED) is 0.512. The van der Waals surface area contributed by atoms with Crippen LogP contribution in [-0.2, 0) is 9.53 Å². The molecule has 0 saturated carbocycles. The minimum atomic E-state index is -0.206. The Balaban J connectivity index is 3.00. The van der Waals surface area contributed by atoms with Crippen LogP contribution in [0.2, 0.25) is 0 Å². The maximum absolute atomic E-state index is 10.1. The van der Waals surface area contributed by atoms with Crippen molar-refractivity contribution in [3.63, 3.8) is 0 Å². The van der Waals surface area contributed by atoms with E-state index in [1.807, 2.05) is 0 Å². The van der Waals surface area contributed by atoms with Gasteiger partial charge in [-0.25, -0.2) is 0 Å². The van der Waals surface area contributed by atoms with Crippen molar-refractivity contribution in [2.75, 3.05) is 13.7 Å². The van der Waals surface area contributed by atoms with E-state index in [2.05, 4.69) is 17.1 Å². The lowest BCUT2D eigenvalue weighted by molar-refractivity contribution is -0.123. The molecule has 0 aliphatic heterocycles. The van der Waals surface area contributed by atoms with Gasteiger partial charge in [0.15, 0.2) is 0 Å². The molecule has 0 aromatic rings. The minimum Gasteiger partial charge on any atom is -0.375 e. The first-order valence-electron chi connectivity index (χ1n) is 1.86. The number of ether oxygens (including phenoxy) is 1. The molecule has 0 atom stereocenters. The molecule has 0 saturated heterocycles. The van der Waals surface area contributed by atoms with Crippen molar-refractivity contribution in [1.82, 2.24) is 5.32 Å². The molecule has 0 aliphatic rings. The second kappa shape index (κ2) is 3.61. The minimum absolute atomic E-state index is 0.0868. The van der Waals surface area contributed by atoms with Gasteiger partial charge >= 0.3 is 0 Å². The average molecular weight is 102 g/mol. The van der Waals surface area contributed by atoms with Crippen LogP contribution in [-0.4, -0.2) is 19.6 Å². The SMILES string of the molecule is [CH2]NC(=O)COC. The number of amides is 1. The smallest absolute Gasteiger partial charge is 0.246 e. The third-order valence-corrected chi connectivity index (χ3v) is 0.473. The van der Waals surface area contributed by atoms with E-state index >= 15 is 0 Å². The Labute approximate surface area is 42.7 Å². The van der Waals surface area contributed by atoms with Crippen LogP contribution in [0.5, 0.6) is 0 Å². The Hall–Kier alpha value is -0.570. The number of hydrogen-bond acceptors (Lipinski definition) is 2. The van der Waals surface area contributed by atoms with Crippen LogP contribution in [0, 0.1) is 7.05 Å².